The highest BCUT2D eigenvalue weighted by molar-refractivity contribution is 9.11. The predicted molar refractivity (Wildman–Crippen MR) is 67.8 cm³/mol. The fourth-order valence-electron chi connectivity index (χ4n) is 1.17. The van der Waals surface area contributed by atoms with Gasteiger partial charge in [0.2, 0.25) is 0 Å². The Morgan fingerprint density at radius 3 is 2.81 bits per heavy atom. The summed E-state index contributed by atoms with van der Waals surface area (Å²) in [4.78, 5) is 1.02. The van der Waals surface area contributed by atoms with E-state index >= 15 is 0 Å². The van der Waals surface area contributed by atoms with Crippen molar-refractivity contribution in [2.45, 2.75) is 6.61 Å². The molecule has 1 aromatic heterocycles. The summed E-state index contributed by atoms with van der Waals surface area (Å²) in [6.45, 7) is 0.341. The van der Waals surface area contributed by atoms with Crippen LogP contribution in [-0.4, -0.2) is 0 Å². The Hall–Kier alpha value is -0.580. The molecule has 1 heterocycles. The molecule has 0 saturated carbocycles. The van der Waals surface area contributed by atoms with E-state index in [9.17, 15) is 4.39 Å². The quantitative estimate of drug-likeness (QED) is 0.782. The Bertz CT molecular complexity index is 500. The lowest BCUT2D eigenvalue weighted by Gasteiger charge is -2.06. The van der Waals surface area contributed by atoms with Crippen LogP contribution in [0.5, 0.6) is 5.75 Å². The lowest BCUT2D eigenvalue weighted by atomic mass is 10.3. The van der Waals surface area contributed by atoms with Gasteiger partial charge in [-0.2, -0.15) is 0 Å². The van der Waals surface area contributed by atoms with Crippen LogP contribution in [0.1, 0.15) is 4.88 Å². The van der Waals surface area contributed by atoms with E-state index in [0.717, 1.165) is 8.66 Å². The summed E-state index contributed by atoms with van der Waals surface area (Å²) in [5.41, 5.74) is 0. The van der Waals surface area contributed by atoms with Crippen LogP contribution < -0.4 is 4.74 Å². The van der Waals surface area contributed by atoms with Crippen LogP contribution in [0.15, 0.2) is 34.1 Å². The van der Waals surface area contributed by atoms with Gasteiger partial charge in [0.05, 0.1) is 8.81 Å². The second-order valence-corrected chi connectivity index (χ2v) is 6.00. The second kappa shape index (κ2) is 5.17. The van der Waals surface area contributed by atoms with Crippen LogP contribution in [0.4, 0.5) is 4.39 Å². The molecule has 2 rings (SSSR count). The topological polar surface area (TPSA) is 9.23 Å². The number of thiophene rings is 1. The highest BCUT2D eigenvalue weighted by Gasteiger charge is 2.07. The van der Waals surface area contributed by atoms with Crippen molar-refractivity contribution in [2.24, 2.45) is 0 Å². The van der Waals surface area contributed by atoms with E-state index in [-0.39, 0.29) is 10.8 Å². The van der Waals surface area contributed by atoms with Gasteiger partial charge < -0.3 is 4.74 Å². The van der Waals surface area contributed by atoms with E-state index in [1.165, 1.54) is 6.07 Å². The largest absolute Gasteiger partial charge is 0.485 e. The molecule has 2 aromatic rings. The van der Waals surface area contributed by atoms with Crippen LogP contribution in [-0.2, 0) is 6.61 Å². The fourth-order valence-corrected chi connectivity index (χ4v) is 2.74. The molecule has 0 unspecified atom stereocenters. The van der Waals surface area contributed by atoms with Crippen LogP contribution in [0.25, 0.3) is 0 Å². The summed E-state index contributed by atoms with van der Waals surface area (Å²) >= 11 is 10.5. The van der Waals surface area contributed by atoms with Crippen molar-refractivity contribution < 1.29 is 9.13 Å². The maximum Gasteiger partial charge on any atom is 0.183 e. The van der Waals surface area contributed by atoms with Crippen molar-refractivity contribution in [3.05, 3.63) is 49.8 Å². The molecular weight excluding hydrogens is 315 g/mol. The molecule has 0 bridgehead atoms. The molecule has 1 aromatic carbocycles. The molecule has 0 saturated heterocycles. The SMILES string of the molecule is Fc1c(Cl)cccc1OCc1ccc(Br)s1. The zero-order valence-corrected chi connectivity index (χ0v) is 11.2. The first-order valence-electron chi connectivity index (χ1n) is 4.48. The molecule has 1 nitrogen and oxygen atoms in total. The lowest BCUT2D eigenvalue weighted by Crippen LogP contribution is -1.95. The molecule has 16 heavy (non-hydrogen) atoms. The molecular formula is C11H7BrClFOS. The summed E-state index contributed by atoms with van der Waals surface area (Å²) in [6, 6.07) is 8.56. The van der Waals surface area contributed by atoms with Gasteiger partial charge in [-0.1, -0.05) is 17.7 Å². The van der Waals surface area contributed by atoms with Gasteiger partial charge in [0, 0.05) is 4.88 Å². The van der Waals surface area contributed by atoms with E-state index in [4.69, 9.17) is 16.3 Å². The van der Waals surface area contributed by atoms with Crippen LogP contribution in [0.2, 0.25) is 5.02 Å². The molecule has 5 heteroatoms. The first kappa shape index (κ1) is 11.9. The van der Waals surface area contributed by atoms with Gasteiger partial charge in [0.15, 0.2) is 11.6 Å². The van der Waals surface area contributed by atoms with Gasteiger partial charge in [-0.25, -0.2) is 4.39 Å². The Kier molecular flexibility index (Phi) is 3.84. The van der Waals surface area contributed by atoms with Crippen LogP contribution in [0, 0.1) is 5.82 Å². The Morgan fingerprint density at radius 2 is 2.12 bits per heavy atom. The monoisotopic (exact) mass is 320 g/mol. The first-order valence-corrected chi connectivity index (χ1v) is 6.46. The molecule has 84 valence electrons. The maximum absolute atomic E-state index is 13.4. The molecule has 0 aliphatic heterocycles. The summed E-state index contributed by atoms with van der Waals surface area (Å²) in [5.74, 6) is -0.336. The van der Waals surface area contributed by atoms with Crippen molar-refractivity contribution >= 4 is 38.9 Å². The average molecular weight is 322 g/mol. The summed E-state index contributed by atoms with van der Waals surface area (Å²) in [6.07, 6.45) is 0. The minimum absolute atomic E-state index is 0.0739. The Morgan fingerprint density at radius 1 is 1.31 bits per heavy atom. The number of hydrogen-bond donors (Lipinski definition) is 0. The first-order chi connectivity index (χ1) is 7.66. The van der Waals surface area contributed by atoms with Gasteiger partial charge in [-0.3, -0.25) is 0 Å². The van der Waals surface area contributed by atoms with E-state index in [1.807, 2.05) is 12.1 Å². The zero-order valence-electron chi connectivity index (χ0n) is 8.04. The van der Waals surface area contributed by atoms with E-state index in [2.05, 4.69) is 15.9 Å². The number of halogens is 3. The highest BCUT2D eigenvalue weighted by Crippen LogP contribution is 2.27. The maximum atomic E-state index is 13.4. The molecule has 0 atom stereocenters. The van der Waals surface area contributed by atoms with Gasteiger partial charge >= 0.3 is 0 Å². The number of ether oxygens (including phenoxy) is 1. The van der Waals surface area contributed by atoms with Crippen molar-refractivity contribution in [1.29, 1.82) is 0 Å². The molecule has 0 amide bonds. The highest BCUT2D eigenvalue weighted by atomic mass is 79.9. The number of rotatable bonds is 3. The summed E-state index contributed by atoms with van der Waals surface area (Å²) in [7, 11) is 0. The van der Waals surface area contributed by atoms with Gasteiger partial charge in [0.1, 0.15) is 6.61 Å². The Balaban J connectivity index is 2.07. The molecule has 0 fully saturated rings. The summed E-state index contributed by atoms with van der Waals surface area (Å²) in [5, 5.41) is 0.0739. The third-order valence-corrected chi connectivity index (χ3v) is 3.80. The van der Waals surface area contributed by atoms with E-state index in [1.54, 1.807) is 23.5 Å². The molecule has 0 aliphatic rings. The summed E-state index contributed by atoms with van der Waals surface area (Å²) < 4.78 is 19.8. The van der Waals surface area contributed by atoms with Gasteiger partial charge in [0.25, 0.3) is 0 Å². The zero-order chi connectivity index (χ0) is 11.5. The minimum atomic E-state index is -0.514. The average Bonchev–Trinajstić information content (AvgIpc) is 2.67. The number of benzene rings is 1. The third kappa shape index (κ3) is 2.75. The van der Waals surface area contributed by atoms with Crippen molar-refractivity contribution in [3.8, 4) is 5.75 Å². The Labute approximate surface area is 110 Å². The normalized spacial score (nSPS) is 10.4. The van der Waals surface area contributed by atoms with Crippen molar-refractivity contribution in [1.82, 2.24) is 0 Å². The molecule has 0 radical (unpaired) electrons. The number of hydrogen-bond acceptors (Lipinski definition) is 2. The van der Waals surface area contributed by atoms with Crippen LogP contribution >= 0.6 is 38.9 Å². The van der Waals surface area contributed by atoms with E-state index in [0.29, 0.717) is 6.61 Å². The smallest absolute Gasteiger partial charge is 0.183 e. The molecule has 0 aliphatic carbocycles. The standard InChI is InChI=1S/C11H7BrClFOS/c12-10-5-4-7(16-10)6-15-9-3-1-2-8(13)11(9)14/h1-5H,6H2. The van der Waals surface area contributed by atoms with Gasteiger partial charge in [-0.05, 0) is 40.2 Å². The lowest BCUT2D eigenvalue weighted by molar-refractivity contribution is 0.293. The van der Waals surface area contributed by atoms with E-state index < -0.39 is 5.82 Å². The van der Waals surface area contributed by atoms with Crippen molar-refractivity contribution in [3.63, 3.8) is 0 Å². The molecule has 0 spiro atoms. The second-order valence-electron chi connectivity index (χ2n) is 3.05. The third-order valence-electron chi connectivity index (χ3n) is 1.91. The van der Waals surface area contributed by atoms with Gasteiger partial charge in [-0.15, -0.1) is 11.3 Å². The van der Waals surface area contributed by atoms with Crippen molar-refractivity contribution in [2.75, 3.05) is 0 Å². The predicted octanol–water partition coefficient (Wildman–Crippen LogP) is 4.88. The van der Waals surface area contributed by atoms with Crippen LogP contribution in [0.3, 0.4) is 0 Å². The fraction of sp³-hybridized carbons (Fsp3) is 0.0909. The molecule has 0 N–H and O–H groups in total. The minimum Gasteiger partial charge on any atom is -0.485 e.